The van der Waals surface area contributed by atoms with Gasteiger partial charge in [0.05, 0.1) is 0 Å². The Morgan fingerprint density at radius 3 is 2.79 bits per heavy atom. The minimum atomic E-state index is -0.986. The summed E-state index contributed by atoms with van der Waals surface area (Å²) < 4.78 is 1.67. The molecule has 0 saturated carbocycles. The highest BCUT2D eigenvalue weighted by atomic mass is 16.3. The average molecular weight is 191 g/mol. The molecule has 0 aliphatic rings. The quantitative estimate of drug-likeness (QED) is 0.738. The van der Waals surface area contributed by atoms with Crippen LogP contribution in [0.2, 0.25) is 0 Å². The molecule has 1 N–H and O–H groups in total. The fourth-order valence-electron chi connectivity index (χ4n) is 1.24. The lowest BCUT2D eigenvalue weighted by molar-refractivity contribution is 0.0690. The Morgan fingerprint density at radius 1 is 1.43 bits per heavy atom. The van der Waals surface area contributed by atoms with E-state index in [4.69, 9.17) is 0 Å². The van der Waals surface area contributed by atoms with Crippen LogP contribution in [0.1, 0.15) is 25.2 Å². The maximum atomic E-state index is 9.72. The van der Waals surface area contributed by atoms with Gasteiger partial charge in [0.2, 0.25) is 0 Å². The minimum absolute atomic E-state index is 0.447. The van der Waals surface area contributed by atoms with Crippen molar-refractivity contribution < 1.29 is 5.11 Å². The van der Waals surface area contributed by atoms with E-state index in [1.165, 1.54) is 0 Å². The molecule has 0 aromatic carbocycles. The van der Waals surface area contributed by atoms with E-state index in [1.807, 2.05) is 25.3 Å². The molecule has 0 spiro atoms. The van der Waals surface area contributed by atoms with Gasteiger partial charge in [-0.25, -0.2) is 9.50 Å². The highest BCUT2D eigenvalue weighted by molar-refractivity contribution is 5.40. The minimum Gasteiger partial charge on any atom is -0.382 e. The number of hydrogen-bond acceptors (Lipinski definition) is 3. The highest BCUT2D eigenvalue weighted by Crippen LogP contribution is 2.16. The molecule has 0 aliphatic heterocycles. The Kier molecular flexibility index (Phi) is 1.82. The lowest BCUT2D eigenvalue weighted by Crippen LogP contribution is -2.17. The van der Waals surface area contributed by atoms with Crippen LogP contribution in [0.25, 0.3) is 5.65 Å². The van der Waals surface area contributed by atoms with E-state index in [-0.39, 0.29) is 0 Å². The smallest absolute Gasteiger partial charge is 0.182 e. The molecule has 14 heavy (non-hydrogen) atoms. The Morgan fingerprint density at radius 2 is 2.14 bits per heavy atom. The van der Waals surface area contributed by atoms with Crippen molar-refractivity contribution in [3.05, 3.63) is 29.7 Å². The van der Waals surface area contributed by atoms with Crippen molar-refractivity contribution in [2.24, 2.45) is 0 Å². The zero-order valence-corrected chi connectivity index (χ0v) is 8.52. The van der Waals surface area contributed by atoms with E-state index in [0.29, 0.717) is 5.82 Å². The van der Waals surface area contributed by atoms with Crippen molar-refractivity contribution in [3.8, 4) is 0 Å². The third-order valence-electron chi connectivity index (χ3n) is 2.04. The molecule has 74 valence electrons. The summed E-state index contributed by atoms with van der Waals surface area (Å²) in [5.41, 5.74) is 0.911. The van der Waals surface area contributed by atoms with Gasteiger partial charge in [-0.3, -0.25) is 0 Å². The Bertz CT molecular complexity index is 468. The van der Waals surface area contributed by atoms with E-state index in [1.54, 1.807) is 18.4 Å². The number of fused-ring (bicyclic) bond motifs is 1. The van der Waals surface area contributed by atoms with Gasteiger partial charge in [0.25, 0.3) is 0 Å². The first kappa shape index (κ1) is 9.15. The third-order valence-corrected chi connectivity index (χ3v) is 2.04. The lowest BCUT2D eigenvalue weighted by atomic mass is 10.1. The van der Waals surface area contributed by atoms with E-state index >= 15 is 0 Å². The molecule has 2 aromatic rings. The Balaban J connectivity index is 2.63. The normalized spacial score (nSPS) is 12.3. The standard InChI is InChI=1S/C10H13N3O/c1-7-4-5-13-8(6-7)11-9(12-13)10(2,3)14/h4-6,14H,1-3H3. The van der Waals surface area contributed by atoms with Crippen molar-refractivity contribution in [3.63, 3.8) is 0 Å². The van der Waals surface area contributed by atoms with Crippen LogP contribution in [-0.2, 0) is 5.60 Å². The highest BCUT2D eigenvalue weighted by Gasteiger charge is 2.21. The Labute approximate surface area is 82.2 Å². The summed E-state index contributed by atoms with van der Waals surface area (Å²) in [7, 11) is 0. The second-order valence-corrected chi connectivity index (χ2v) is 4.00. The van der Waals surface area contributed by atoms with E-state index < -0.39 is 5.60 Å². The van der Waals surface area contributed by atoms with Gasteiger partial charge in [0.15, 0.2) is 11.5 Å². The van der Waals surface area contributed by atoms with E-state index in [2.05, 4.69) is 10.1 Å². The molecular formula is C10H13N3O. The van der Waals surface area contributed by atoms with Crippen LogP contribution in [0, 0.1) is 6.92 Å². The topological polar surface area (TPSA) is 50.4 Å². The van der Waals surface area contributed by atoms with Crippen molar-refractivity contribution in [2.75, 3.05) is 0 Å². The summed E-state index contributed by atoms with van der Waals surface area (Å²) >= 11 is 0. The Hall–Kier alpha value is -1.42. The van der Waals surface area contributed by atoms with Gasteiger partial charge in [0.1, 0.15) is 5.60 Å². The van der Waals surface area contributed by atoms with Gasteiger partial charge >= 0.3 is 0 Å². The van der Waals surface area contributed by atoms with Gasteiger partial charge in [-0.2, -0.15) is 0 Å². The molecule has 0 atom stereocenters. The van der Waals surface area contributed by atoms with Gasteiger partial charge in [-0.1, -0.05) is 0 Å². The van der Waals surface area contributed by atoms with E-state index in [9.17, 15) is 5.11 Å². The number of hydrogen-bond donors (Lipinski definition) is 1. The first-order valence-corrected chi connectivity index (χ1v) is 4.53. The van der Waals surface area contributed by atoms with Gasteiger partial charge in [-0.15, -0.1) is 5.10 Å². The molecule has 4 heteroatoms. The molecule has 2 heterocycles. The maximum Gasteiger partial charge on any atom is 0.182 e. The third kappa shape index (κ3) is 1.48. The predicted molar refractivity (Wildman–Crippen MR) is 53.0 cm³/mol. The van der Waals surface area contributed by atoms with Gasteiger partial charge in [0, 0.05) is 6.20 Å². The van der Waals surface area contributed by atoms with Crippen LogP contribution in [0.4, 0.5) is 0 Å². The molecule has 0 fully saturated rings. The second-order valence-electron chi connectivity index (χ2n) is 4.00. The number of aryl methyl sites for hydroxylation is 1. The van der Waals surface area contributed by atoms with Gasteiger partial charge in [-0.05, 0) is 38.5 Å². The summed E-state index contributed by atoms with van der Waals surface area (Å²) in [6, 6.07) is 3.89. The predicted octanol–water partition coefficient (Wildman–Crippen LogP) is 1.27. The zero-order valence-electron chi connectivity index (χ0n) is 8.52. The number of aliphatic hydroxyl groups is 1. The first-order valence-electron chi connectivity index (χ1n) is 4.53. The molecule has 0 radical (unpaired) electrons. The van der Waals surface area contributed by atoms with Crippen LogP contribution in [0.15, 0.2) is 18.3 Å². The molecular weight excluding hydrogens is 178 g/mol. The molecule has 0 aliphatic carbocycles. The fraction of sp³-hybridized carbons (Fsp3) is 0.400. The largest absolute Gasteiger partial charge is 0.382 e. The molecule has 2 aromatic heterocycles. The number of nitrogens with zero attached hydrogens (tertiary/aromatic N) is 3. The summed E-state index contributed by atoms with van der Waals surface area (Å²) in [6.07, 6.45) is 1.84. The fourth-order valence-corrected chi connectivity index (χ4v) is 1.24. The van der Waals surface area contributed by atoms with Crippen molar-refractivity contribution in [1.29, 1.82) is 0 Å². The van der Waals surface area contributed by atoms with Crippen LogP contribution in [0.3, 0.4) is 0 Å². The second kappa shape index (κ2) is 2.78. The van der Waals surface area contributed by atoms with E-state index in [0.717, 1.165) is 11.2 Å². The first-order chi connectivity index (χ1) is 6.47. The van der Waals surface area contributed by atoms with Crippen LogP contribution < -0.4 is 0 Å². The van der Waals surface area contributed by atoms with Crippen molar-refractivity contribution in [2.45, 2.75) is 26.4 Å². The van der Waals surface area contributed by atoms with Crippen molar-refractivity contribution in [1.82, 2.24) is 14.6 Å². The summed E-state index contributed by atoms with van der Waals surface area (Å²) in [5.74, 6) is 0.447. The van der Waals surface area contributed by atoms with Crippen LogP contribution in [-0.4, -0.2) is 19.7 Å². The average Bonchev–Trinajstić information content (AvgIpc) is 2.45. The SMILES string of the molecule is Cc1ccn2nc(C(C)(C)O)nc2c1. The van der Waals surface area contributed by atoms with Crippen molar-refractivity contribution >= 4 is 5.65 Å². The molecule has 0 unspecified atom stereocenters. The molecule has 0 amide bonds. The maximum absolute atomic E-state index is 9.72. The molecule has 0 saturated heterocycles. The zero-order chi connectivity index (χ0) is 10.3. The molecule has 0 bridgehead atoms. The van der Waals surface area contributed by atoms with Gasteiger partial charge < -0.3 is 5.11 Å². The number of aromatic nitrogens is 3. The summed E-state index contributed by atoms with van der Waals surface area (Å²) in [6.45, 7) is 5.35. The molecule has 4 nitrogen and oxygen atoms in total. The monoisotopic (exact) mass is 191 g/mol. The van der Waals surface area contributed by atoms with Crippen LogP contribution in [0.5, 0.6) is 0 Å². The number of pyridine rings is 1. The lowest BCUT2D eigenvalue weighted by Gasteiger charge is -2.10. The summed E-state index contributed by atoms with van der Waals surface area (Å²) in [4.78, 5) is 4.25. The number of rotatable bonds is 1. The summed E-state index contributed by atoms with van der Waals surface area (Å²) in [5, 5.41) is 13.9. The molecule has 2 rings (SSSR count). The van der Waals surface area contributed by atoms with Crippen LogP contribution >= 0.6 is 0 Å².